The zero-order valence-corrected chi connectivity index (χ0v) is 16.1. The monoisotopic (exact) mass is 384 g/mol. The summed E-state index contributed by atoms with van der Waals surface area (Å²) in [5.74, 6) is 0.480. The fraction of sp³-hybridized carbons (Fsp3) is 0.0870. The molecule has 6 heteroatoms. The van der Waals surface area contributed by atoms with Crippen molar-refractivity contribution in [2.24, 2.45) is 0 Å². The van der Waals surface area contributed by atoms with E-state index in [1.54, 1.807) is 30.3 Å². The highest BCUT2D eigenvalue weighted by Crippen LogP contribution is 2.30. The first-order valence-electron chi connectivity index (χ1n) is 9.21. The number of hydrogen-bond donors (Lipinski definition) is 3. The molecule has 29 heavy (non-hydrogen) atoms. The average molecular weight is 384 g/mol. The van der Waals surface area contributed by atoms with E-state index in [2.05, 4.69) is 20.6 Å². The highest BCUT2D eigenvalue weighted by molar-refractivity contribution is 6.10. The minimum atomic E-state index is -0.227. The molecule has 0 unspecified atom stereocenters. The largest absolute Gasteiger partial charge is 0.507 e. The molecule has 0 aliphatic heterocycles. The van der Waals surface area contributed by atoms with Gasteiger partial charge >= 0.3 is 0 Å². The summed E-state index contributed by atoms with van der Waals surface area (Å²) in [5.41, 5.74) is 3.74. The van der Waals surface area contributed by atoms with Gasteiger partial charge in [-0.3, -0.25) is 4.79 Å². The standard InChI is InChI=1S/C23H20N4O2/c1-14-13-15(2)25-23(24-14)26-17-11-9-16(10-12-17)22(29)27-20-7-3-6-19-18(20)5-4-8-21(19)28/h3-13,28H,1-2H3,(H,27,29)(H,24,25,26). The first kappa shape index (κ1) is 18.4. The van der Waals surface area contributed by atoms with Crippen LogP contribution >= 0.6 is 0 Å². The van der Waals surface area contributed by atoms with Crippen LogP contribution in [0.15, 0.2) is 66.7 Å². The summed E-state index contributed by atoms with van der Waals surface area (Å²) in [7, 11) is 0. The fourth-order valence-corrected chi connectivity index (χ4v) is 3.21. The second-order valence-electron chi connectivity index (χ2n) is 6.81. The molecule has 3 aromatic carbocycles. The molecule has 0 radical (unpaired) electrons. The zero-order chi connectivity index (χ0) is 20.4. The van der Waals surface area contributed by atoms with E-state index in [1.165, 1.54) is 0 Å². The van der Waals surface area contributed by atoms with Crippen molar-refractivity contribution in [2.45, 2.75) is 13.8 Å². The van der Waals surface area contributed by atoms with Crippen LogP contribution in [0.25, 0.3) is 10.8 Å². The van der Waals surface area contributed by atoms with Gasteiger partial charge in [0.05, 0.1) is 0 Å². The van der Waals surface area contributed by atoms with Crippen LogP contribution in [-0.4, -0.2) is 21.0 Å². The van der Waals surface area contributed by atoms with Crippen molar-refractivity contribution in [1.29, 1.82) is 0 Å². The number of nitrogens with zero attached hydrogens (tertiary/aromatic N) is 2. The summed E-state index contributed by atoms with van der Waals surface area (Å²) in [6.07, 6.45) is 0. The van der Waals surface area contributed by atoms with Gasteiger partial charge in [0.15, 0.2) is 0 Å². The number of anilines is 3. The minimum absolute atomic E-state index is 0.183. The lowest BCUT2D eigenvalue weighted by atomic mass is 10.1. The number of carbonyl (C=O) groups is 1. The van der Waals surface area contributed by atoms with E-state index in [9.17, 15) is 9.90 Å². The van der Waals surface area contributed by atoms with Gasteiger partial charge in [-0.15, -0.1) is 0 Å². The summed E-state index contributed by atoms with van der Waals surface area (Å²) in [6, 6.07) is 19.7. The van der Waals surface area contributed by atoms with E-state index in [-0.39, 0.29) is 11.7 Å². The van der Waals surface area contributed by atoms with E-state index < -0.39 is 0 Å². The van der Waals surface area contributed by atoms with Crippen molar-refractivity contribution in [3.05, 3.63) is 83.7 Å². The Morgan fingerprint density at radius 3 is 2.24 bits per heavy atom. The Morgan fingerprint density at radius 2 is 1.52 bits per heavy atom. The number of rotatable bonds is 4. The lowest BCUT2D eigenvalue weighted by Gasteiger charge is -2.10. The number of aryl methyl sites for hydroxylation is 2. The lowest BCUT2D eigenvalue weighted by Crippen LogP contribution is -2.12. The van der Waals surface area contributed by atoms with Crippen molar-refractivity contribution in [1.82, 2.24) is 9.97 Å². The minimum Gasteiger partial charge on any atom is -0.507 e. The normalized spacial score (nSPS) is 10.7. The topological polar surface area (TPSA) is 87.1 Å². The van der Waals surface area contributed by atoms with Crippen LogP contribution in [0.4, 0.5) is 17.3 Å². The SMILES string of the molecule is Cc1cc(C)nc(Nc2ccc(C(=O)Nc3cccc4c(O)cccc34)cc2)n1. The number of benzene rings is 3. The molecule has 0 atom stereocenters. The quantitative estimate of drug-likeness (QED) is 0.463. The summed E-state index contributed by atoms with van der Waals surface area (Å²) in [4.78, 5) is 21.4. The van der Waals surface area contributed by atoms with Crippen LogP contribution in [-0.2, 0) is 0 Å². The molecule has 0 saturated carbocycles. The predicted octanol–water partition coefficient (Wildman–Crippen LogP) is 4.95. The van der Waals surface area contributed by atoms with Crippen LogP contribution in [0.1, 0.15) is 21.7 Å². The summed E-state index contributed by atoms with van der Waals surface area (Å²) >= 11 is 0. The molecular weight excluding hydrogens is 364 g/mol. The number of fused-ring (bicyclic) bond motifs is 1. The van der Waals surface area contributed by atoms with Crippen molar-refractivity contribution >= 4 is 34.0 Å². The third-order valence-corrected chi connectivity index (χ3v) is 4.53. The number of nitrogens with one attached hydrogen (secondary N) is 2. The molecule has 0 fully saturated rings. The van der Waals surface area contributed by atoms with Crippen molar-refractivity contribution in [3.63, 3.8) is 0 Å². The number of phenols is 1. The fourth-order valence-electron chi connectivity index (χ4n) is 3.21. The molecule has 1 aromatic heterocycles. The lowest BCUT2D eigenvalue weighted by molar-refractivity contribution is 0.102. The molecule has 4 aromatic rings. The van der Waals surface area contributed by atoms with Gasteiger partial charge in [0.25, 0.3) is 5.91 Å². The second-order valence-corrected chi connectivity index (χ2v) is 6.81. The van der Waals surface area contributed by atoms with Crippen LogP contribution in [0, 0.1) is 13.8 Å². The maximum atomic E-state index is 12.7. The number of carbonyl (C=O) groups excluding carboxylic acids is 1. The third kappa shape index (κ3) is 4.01. The average Bonchev–Trinajstić information content (AvgIpc) is 2.68. The summed E-state index contributed by atoms with van der Waals surface area (Å²) in [5, 5.41) is 17.5. The molecule has 1 amide bonds. The second kappa shape index (κ2) is 7.59. The Balaban J connectivity index is 1.52. The van der Waals surface area contributed by atoms with Crippen LogP contribution in [0.3, 0.4) is 0 Å². The first-order chi connectivity index (χ1) is 14.0. The van der Waals surface area contributed by atoms with Crippen LogP contribution < -0.4 is 10.6 Å². The smallest absolute Gasteiger partial charge is 0.255 e. The molecule has 6 nitrogen and oxygen atoms in total. The van der Waals surface area contributed by atoms with E-state index in [0.29, 0.717) is 22.6 Å². The van der Waals surface area contributed by atoms with E-state index in [4.69, 9.17) is 0 Å². The van der Waals surface area contributed by atoms with E-state index >= 15 is 0 Å². The summed E-state index contributed by atoms with van der Waals surface area (Å²) in [6.45, 7) is 3.83. The number of aromatic hydroxyl groups is 1. The first-order valence-corrected chi connectivity index (χ1v) is 9.21. The molecule has 0 spiro atoms. The zero-order valence-electron chi connectivity index (χ0n) is 16.1. The third-order valence-electron chi connectivity index (χ3n) is 4.53. The Hall–Kier alpha value is -3.93. The Morgan fingerprint density at radius 1 is 0.862 bits per heavy atom. The predicted molar refractivity (Wildman–Crippen MR) is 115 cm³/mol. The van der Waals surface area contributed by atoms with Gasteiger partial charge in [-0.1, -0.05) is 24.3 Å². The number of aromatic nitrogens is 2. The number of amides is 1. The molecule has 4 rings (SSSR count). The van der Waals surface area contributed by atoms with E-state index in [1.807, 2.05) is 50.2 Å². The highest BCUT2D eigenvalue weighted by Gasteiger charge is 2.10. The molecule has 3 N–H and O–H groups in total. The van der Waals surface area contributed by atoms with Crippen LogP contribution in [0.2, 0.25) is 0 Å². The Bertz CT molecular complexity index is 1180. The van der Waals surface area contributed by atoms with Gasteiger partial charge in [0, 0.05) is 39.1 Å². The van der Waals surface area contributed by atoms with Gasteiger partial charge in [-0.25, -0.2) is 9.97 Å². The summed E-state index contributed by atoms with van der Waals surface area (Å²) < 4.78 is 0. The molecule has 144 valence electrons. The molecular formula is C23H20N4O2. The van der Waals surface area contributed by atoms with Gasteiger partial charge in [-0.05, 0) is 56.3 Å². The van der Waals surface area contributed by atoms with Crippen molar-refractivity contribution < 1.29 is 9.90 Å². The molecule has 0 saturated heterocycles. The van der Waals surface area contributed by atoms with Gasteiger partial charge < -0.3 is 15.7 Å². The molecule has 0 aliphatic rings. The van der Waals surface area contributed by atoms with Crippen molar-refractivity contribution in [3.8, 4) is 5.75 Å². The Labute approximate surface area is 168 Å². The molecule has 0 bridgehead atoms. The van der Waals surface area contributed by atoms with Gasteiger partial charge in [0.2, 0.25) is 5.95 Å². The van der Waals surface area contributed by atoms with Crippen molar-refractivity contribution in [2.75, 3.05) is 10.6 Å². The highest BCUT2D eigenvalue weighted by atomic mass is 16.3. The van der Waals surface area contributed by atoms with Gasteiger partial charge in [-0.2, -0.15) is 0 Å². The maximum Gasteiger partial charge on any atom is 0.255 e. The van der Waals surface area contributed by atoms with E-state index in [0.717, 1.165) is 22.5 Å². The molecule has 1 heterocycles. The number of hydrogen-bond acceptors (Lipinski definition) is 5. The maximum absolute atomic E-state index is 12.7. The van der Waals surface area contributed by atoms with Gasteiger partial charge in [0.1, 0.15) is 5.75 Å². The number of phenolic OH excluding ortho intramolecular Hbond substituents is 1. The van der Waals surface area contributed by atoms with Crippen LogP contribution in [0.5, 0.6) is 5.75 Å². The molecule has 0 aliphatic carbocycles. The Kier molecular flexibility index (Phi) is 4.83.